The lowest BCUT2D eigenvalue weighted by molar-refractivity contribution is 0.199. The second-order valence-electron chi connectivity index (χ2n) is 5.04. The maximum absolute atomic E-state index is 5.06. The number of fused-ring (bicyclic) bond motifs is 1. The number of nitrogens with one attached hydrogen (secondary N) is 1. The van der Waals surface area contributed by atoms with Crippen LogP contribution in [0.1, 0.15) is 10.4 Å². The Kier molecular flexibility index (Phi) is 4.70. The third-order valence-electron chi connectivity index (χ3n) is 3.61. The average molecular weight is 300 g/mol. The van der Waals surface area contributed by atoms with Crippen LogP contribution in [-0.2, 0) is 17.8 Å². The summed E-state index contributed by atoms with van der Waals surface area (Å²) in [6, 6.07) is 13.0. The monoisotopic (exact) mass is 300 g/mol. The van der Waals surface area contributed by atoms with E-state index in [9.17, 15) is 0 Å². The largest absolute Gasteiger partial charge is 0.383 e. The number of rotatable bonds is 7. The first kappa shape index (κ1) is 14.3. The van der Waals surface area contributed by atoms with Crippen LogP contribution in [0, 0.1) is 0 Å². The molecule has 21 heavy (non-hydrogen) atoms. The molecule has 0 radical (unpaired) electrons. The summed E-state index contributed by atoms with van der Waals surface area (Å²) in [5, 5.41) is 6.88. The molecule has 0 atom stereocenters. The lowest BCUT2D eigenvalue weighted by atomic mass is 10.1. The lowest BCUT2D eigenvalue weighted by Crippen LogP contribution is -2.18. The third-order valence-corrected chi connectivity index (χ3v) is 4.47. The number of hydrogen-bond acceptors (Lipinski definition) is 3. The highest BCUT2D eigenvalue weighted by Gasteiger charge is 2.06. The molecule has 0 saturated carbocycles. The number of thiophene rings is 1. The van der Waals surface area contributed by atoms with Crippen LogP contribution >= 0.6 is 11.3 Å². The molecular formula is C17H20N2OS. The Balaban J connectivity index is 1.79. The third kappa shape index (κ3) is 3.35. The molecule has 0 amide bonds. The van der Waals surface area contributed by atoms with Crippen molar-refractivity contribution in [3.05, 3.63) is 58.4 Å². The summed E-state index contributed by atoms with van der Waals surface area (Å²) >= 11 is 1.81. The average Bonchev–Trinajstić information content (AvgIpc) is 3.15. The van der Waals surface area contributed by atoms with Gasteiger partial charge in [0.15, 0.2) is 0 Å². The number of hydrogen-bond donors (Lipinski definition) is 1. The first-order valence-corrected chi connectivity index (χ1v) is 8.05. The van der Waals surface area contributed by atoms with Gasteiger partial charge in [0.05, 0.1) is 13.2 Å². The summed E-state index contributed by atoms with van der Waals surface area (Å²) < 4.78 is 7.38. The Labute approximate surface area is 129 Å². The van der Waals surface area contributed by atoms with Crippen molar-refractivity contribution in [2.75, 3.05) is 20.3 Å². The van der Waals surface area contributed by atoms with E-state index in [0.717, 1.165) is 26.2 Å². The van der Waals surface area contributed by atoms with Gasteiger partial charge in [-0.1, -0.05) is 18.2 Å². The van der Waals surface area contributed by atoms with Gasteiger partial charge in [0.1, 0.15) is 0 Å². The fourth-order valence-corrected chi connectivity index (χ4v) is 3.25. The number of aromatic nitrogens is 1. The maximum atomic E-state index is 5.06. The number of methoxy groups -OCH3 is 1. The summed E-state index contributed by atoms with van der Waals surface area (Å²) in [4.78, 5) is 1.39. The van der Waals surface area contributed by atoms with Crippen molar-refractivity contribution in [3.63, 3.8) is 0 Å². The van der Waals surface area contributed by atoms with Crippen LogP contribution in [0.15, 0.2) is 48.0 Å². The van der Waals surface area contributed by atoms with Crippen molar-refractivity contribution < 1.29 is 4.74 Å². The molecule has 0 spiro atoms. The molecule has 0 aliphatic heterocycles. The van der Waals surface area contributed by atoms with Gasteiger partial charge in [-0.25, -0.2) is 0 Å². The topological polar surface area (TPSA) is 26.2 Å². The second kappa shape index (κ2) is 6.89. The molecule has 110 valence electrons. The summed E-state index contributed by atoms with van der Waals surface area (Å²) in [6.45, 7) is 3.45. The molecule has 0 aliphatic rings. The predicted octanol–water partition coefficient (Wildman–Crippen LogP) is 3.49. The summed E-state index contributed by atoms with van der Waals surface area (Å²) in [5.74, 6) is 0. The van der Waals surface area contributed by atoms with Crippen molar-refractivity contribution in [3.8, 4) is 0 Å². The fourth-order valence-electron chi connectivity index (χ4n) is 2.55. The SMILES string of the molecule is COCCNCc1cccc2c1ccn2Cc1cccs1. The number of ether oxygens (including phenoxy) is 1. The van der Waals surface area contributed by atoms with Gasteiger partial charge in [0, 0.05) is 42.2 Å². The molecule has 2 aromatic heterocycles. The fraction of sp³-hybridized carbons (Fsp3) is 0.294. The van der Waals surface area contributed by atoms with Gasteiger partial charge in [-0.05, 0) is 29.1 Å². The van der Waals surface area contributed by atoms with Crippen LogP contribution in [0.2, 0.25) is 0 Å². The van der Waals surface area contributed by atoms with E-state index in [1.54, 1.807) is 18.4 Å². The molecule has 0 saturated heterocycles. The predicted molar refractivity (Wildman–Crippen MR) is 88.9 cm³/mol. The van der Waals surface area contributed by atoms with Crippen molar-refractivity contribution >= 4 is 22.2 Å². The highest BCUT2D eigenvalue weighted by atomic mass is 32.1. The van der Waals surface area contributed by atoms with E-state index >= 15 is 0 Å². The van der Waals surface area contributed by atoms with Crippen LogP contribution < -0.4 is 5.32 Å². The Morgan fingerprint density at radius 1 is 1.19 bits per heavy atom. The van der Waals surface area contributed by atoms with Crippen molar-refractivity contribution in [2.24, 2.45) is 0 Å². The molecule has 4 heteroatoms. The Morgan fingerprint density at radius 2 is 2.14 bits per heavy atom. The van der Waals surface area contributed by atoms with Crippen molar-refractivity contribution in [1.29, 1.82) is 0 Å². The van der Waals surface area contributed by atoms with Crippen LogP contribution in [-0.4, -0.2) is 24.8 Å². The van der Waals surface area contributed by atoms with E-state index in [1.807, 2.05) is 0 Å². The van der Waals surface area contributed by atoms with Gasteiger partial charge in [-0.3, -0.25) is 0 Å². The van der Waals surface area contributed by atoms with E-state index < -0.39 is 0 Å². The van der Waals surface area contributed by atoms with E-state index in [2.05, 4.69) is 57.9 Å². The summed E-state index contributed by atoms with van der Waals surface area (Å²) in [5.41, 5.74) is 2.64. The molecule has 3 rings (SSSR count). The standard InChI is InChI=1S/C17H20N2OS/c1-20-10-8-18-12-14-4-2-6-17-16(14)7-9-19(17)13-15-5-3-11-21-15/h2-7,9,11,18H,8,10,12-13H2,1H3. The number of nitrogens with zero attached hydrogens (tertiary/aromatic N) is 1. The molecule has 1 aromatic carbocycles. The van der Waals surface area contributed by atoms with Crippen molar-refractivity contribution in [2.45, 2.75) is 13.1 Å². The first-order chi connectivity index (χ1) is 10.4. The first-order valence-electron chi connectivity index (χ1n) is 7.17. The van der Waals surface area contributed by atoms with Gasteiger partial charge in [0.25, 0.3) is 0 Å². The van der Waals surface area contributed by atoms with Crippen LogP contribution in [0.25, 0.3) is 10.9 Å². The minimum Gasteiger partial charge on any atom is -0.383 e. The maximum Gasteiger partial charge on any atom is 0.0587 e. The molecule has 2 heterocycles. The minimum atomic E-state index is 0.745. The van der Waals surface area contributed by atoms with E-state index in [4.69, 9.17) is 4.74 Å². The summed E-state index contributed by atoms with van der Waals surface area (Å²) in [6.07, 6.45) is 2.18. The van der Waals surface area contributed by atoms with E-state index in [0.29, 0.717) is 0 Å². The molecule has 0 unspecified atom stereocenters. The molecule has 3 nitrogen and oxygen atoms in total. The normalized spacial score (nSPS) is 11.3. The van der Waals surface area contributed by atoms with Crippen LogP contribution in [0.3, 0.4) is 0 Å². The highest BCUT2D eigenvalue weighted by Crippen LogP contribution is 2.22. The van der Waals surface area contributed by atoms with Gasteiger partial charge in [-0.15, -0.1) is 11.3 Å². The Bertz CT molecular complexity index is 688. The van der Waals surface area contributed by atoms with E-state index in [-0.39, 0.29) is 0 Å². The van der Waals surface area contributed by atoms with Crippen LogP contribution in [0.4, 0.5) is 0 Å². The molecule has 0 bridgehead atoms. The van der Waals surface area contributed by atoms with Gasteiger partial charge in [0.2, 0.25) is 0 Å². The lowest BCUT2D eigenvalue weighted by Gasteiger charge is -2.08. The quantitative estimate of drug-likeness (QED) is 0.676. The highest BCUT2D eigenvalue weighted by molar-refractivity contribution is 7.09. The molecule has 0 aliphatic carbocycles. The van der Waals surface area contributed by atoms with Gasteiger partial charge in [-0.2, -0.15) is 0 Å². The van der Waals surface area contributed by atoms with E-state index in [1.165, 1.54) is 21.3 Å². The molecule has 1 N–H and O–H groups in total. The Hall–Kier alpha value is -1.62. The Morgan fingerprint density at radius 3 is 2.95 bits per heavy atom. The van der Waals surface area contributed by atoms with Gasteiger partial charge >= 0.3 is 0 Å². The number of benzene rings is 1. The molecule has 3 aromatic rings. The van der Waals surface area contributed by atoms with Gasteiger partial charge < -0.3 is 14.6 Å². The zero-order valence-corrected chi connectivity index (χ0v) is 13.0. The second-order valence-corrected chi connectivity index (χ2v) is 6.07. The van der Waals surface area contributed by atoms with Crippen molar-refractivity contribution in [1.82, 2.24) is 9.88 Å². The van der Waals surface area contributed by atoms with Crippen LogP contribution in [0.5, 0.6) is 0 Å². The molecular weight excluding hydrogens is 280 g/mol. The minimum absolute atomic E-state index is 0.745. The zero-order valence-electron chi connectivity index (χ0n) is 12.2. The zero-order chi connectivity index (χ0) is 14.5. The molecule has 0 fully saturated rings. The summed E-state index contributed by atoms with van der Waals surface area (Å²) in [7, 11) is 1.73. The smallest absolute Gasteiger partial charge is 0.0587 e.